The van der Waals surface area contributed by atoms with E-state index in [0.717, 1.165) is 5.39 Å². The molecule has 0 radical (unpaired) electrons. The summed E-state index contributed by atoms with van der Waals surface area (Å²) in [4.78, 5) is 39.4. The van der Waals surface area contributed by atoms with Crippen LogP contribution in [0.25, 0.3) is 10.9 Å². The van der Waals surface area contributed by atoms with Gasteiger partial charge in [0.05, 0.1) is 23.0 Å². The average molecular weight is 285 g/mol. The van der Waals surface area contributed by atoms with Gasteiger partial charge in [-0.05, 0) is 18.2 Å². The first-order valence-electron chi connectivity index (χ1n) is 6.29. The summed E-state index contributed by atoms with van der Waals surface area (Å²) in [5.41, 5.74) is 1.26. The van der Waals surface area contributed by atoms with Gasteiger partial charge in [0.2, 0.25) is 5.91 Å². The van der Waals surface area contributed by atoms with Gasteiger partial charge in [0.15, 0.2) is 0 Å². The fourth-order valence-corrected chi connectivity index (χ4v) is 2.20. The molecule has 1 fully saturated rings. The Morgan fingerprint density at radius 3 is 2.81 bits per heavy atom. The number of aromatic nitrogens is 1. The average Bonchev–Trinajstić information content (AvgIpc) is 2.46. The van der Waals surface area contributed by atoms with Crippen LogP contribution in [0.2, 0.25) is 0 Å². The minimum absolute atomic E-state index is 0.157. The number of hydrogen-bond acceptors (Lipinski definition) is 4. The predicted octanol–water partition coefficient (Wildman–Crippen LogP) is 1.38. The first-order chi connectivity index (χ1) is 10.0. The second-order valence-electron chi connectivity index (χ2n) is 4.66. The molecule has 3 rings (SSSR count). The van der Waals surface area contributed by atoms with Crippen LogP contribution < -0.4 is 10.2 Å². The molecule has 0 unspecified atom stereocenters. The van der Waals surface area contributed by atoms with E-state index in [0.29, 0.717) is 17.7 Å². The minimum Gasteiger partial charge on any atom is -0.478 e. The molecule has 1 aliphatic rings. The number of nitrogens with zero attached hydrogens (tertiary/aromatic N) is 2. The molecule has 0 spiro atoms. The van der Waals surface area contributed by atoms with Gasteiger partial charge in [0.25, 0.3) is 0 Å². The molecule has 21 heavy (non-hydrogen) atoms. The molecule has 0 atom stereocenters. The number of aromatic carboxylic acids is 1. The molecule has 0 saturated carbocycles. The summed E-state index contributed by atoms with van der Waals surface area (Å²) in [6.07, 6.45) is 1.73. The smallest absolute Gasteiger partial charge is 0.335 e. The van der Waals surface area contributed by atoms with Crippen LogP contribution in [0, 0.1) is 0 Å². The summed E-state index contributed by atoms with van der Waals surface area (Å²) in [5, 5.41) is 11.9. The normalized spacial score (nSPS) is 15.1. The standard InChI is InChI=1S/C14H11N3O4/c18-12-3-4-17(14(21)16-12)10-5-8-1-2-9(13(19)20)6-11(8)15-7-10/h1-2,5-7H,3-4H2,(H,19,20)(H,16,18,21). The van der Waals surface area contributed by atoms with Crippen molar-refractivity contribution in [2.24, 2.45) is 0 Å². The summed E-state index contributed by atoms with van der Waals surface area (Å²) >= 11 is 0. The summed E-state index contributed by atoms with van der Waals surface area (Å²) in [7, 11) is 0. The number of amides is 3. The number of benzene rings is 1. The summed E-state index contributed by atoms with van der Waals surface area (Å²) in [5.74, 6) is -1.31. The fourth-order valence-electron chi connectivity index (χ4n) is 2.20. The van der Waals surface area contributed by atoms with Gasteiger partial charge in [0.1, 0.15) is 0 Å². The van der Waals surface area contributed by atoms with Crippen molar-refractivity contribution in [1.29, 1.82) is 0 Å². The van der Waals surface area contributed by atoms with E-state index in [9.17, 15) is 14.4 Å². The maximum absolute atomic E-state index is 11.8. The number of nitrogens with one attached hydrogen (secondary N) is 1. The van der Waals surface area contributed by atoms with Crippen molar-refractivity contribution < 1.29 is 19.5 Å². The Balaban J connectivity index is 1.98. The molecule has 3 amide bonds. The van der Waals surface area contributed by atoms with Crippen molar-refractivity contribution in [3.05, 3.63) is 36.0 Å². The molecule has 0 aliphatic carbocycles. The zero-order valence-corrected chi connectivity index (χ0v) is 10.9. The number of fused-ring (bicyclic) bond motifs is 1. The Hall–Kier alpha value is -2.96. The Kier molecular flexibility index (Phi) is 3.02. The van der Waals surface area contributed by atoms with E-state index in [2.05, 4.69) is 10.3 Å². The van der Waals surface area contributed by atoms with Crippen LogP contribution in [0.3, 0.4) is 0 Å². The van der Waals surface area contributed by atoms with Gasteiger partial charge in [0, 0.05) is 18.4 Å². The topological polar surface area (TPSA) is 99.6 Å². The monoisotopic (exact) mass is 285 g/mol. The zero-order valence-electron chi connectivity index (χ0n) is 10.9. The van der Waals surface area contributed by atoms with E-state index < -0.39 is 12.0 Å². The number of imide groups is 1. The highest BCUT2D eigenvalue weighted by Gasteiger charge is 2.24. The Morgan fingerprint density at radius 2 is 2.10 bits per heavy atom. The van der Waals surface area contributed by atoms with Gasteiger partial charge in [-0.1, -0.05) is 6.07 Å². The minimum atomic E-state index is -1.02. The van der Waals surface area contributed by atoms with E-state index >= 15 is 0 Å². The number of urea groups is 1. The Labute approximate surface area is 119 Å². The molecule has 2 heterocycles. The van der Waals surface area contributed by atoms with Crippen LogP contribution in [-0.2, 0) is 4.79 Å². The first kappa shape index (κ1) is 13.0. The summed E-state index contributed by atoms with van der Waals surface area (Å²) < 4.78 is 0. The van der Waals surface area contributed by atoms with Crippen LogP contribution in [0.15, 0.2) is 30.5 Å². The van der Waals surface area contributed by atoms with Gasteiger partial charge < -0.3 is 5.11 Å². The van der Waals surface area contributed by atoms with Crippen LogP contribution >= 0.6 is 0 Å². The van der Waals surface area contributed by atoms with Crippen LogP contribution in [0.5, 0.6) is 0 Å². The van der Waals surface area contributed by atoms with Crippen LogP contribution in [0.4, 0.5) is 10.5 Å². The van der Waals surface area contributed by atoms with Gasteiger partial charge in [-0.25, -0.2) is 9.59 Å². The highest BCUT2D eigenvalue weighted by molar-refractivity contribution is 6.06. The van der Waals surface area contributed by atoms with Crippen molar-refractivity contribution in [3.63, 3.8) is 0 Å². The SMILES string of the molecule is O=C1CCN(c2cnc3cc(C(=O)O)ccc3c2)C(=O)N1. The largest absolute Gasteiger partial charge is 0.478 e. The number of hydrogen-bond donors (Lipinski definition) is 2. The van der Waals surface area contributed by atoms with Gasteiger partial charge in [-0.3, -0.25) is 20.0 Å². The van der Waals surface area contributed by atoms with Gasteiger partial charge >= 0.3 is 12.0 Å². The fraction of sp³-hybridized carbons (Fsp3) is 0.143. The number of anilines is 1. The molecule has 1 aliphatic heterocycles. The Bertz CT molecular complexity index is 772. The Morgan fingerprint density at radius 1 is 1.29 bits per heavy atom. The molecule has 106 valence electrons. The van der Waals surface area contributed by atoms with Crippen molar-refractivity contribution in [2.45, 2.75) is 6.42 Å². The third-order valence-corrected chi connectivity index (χ3v) is 3.28. The first-order valence-corrected chi connectivity index (χ1v) is 6.29. The lowest BCUT2D eigenvalue weighted by molar-refractivity contribution is -0.120. The molecule has 0 bridgehead atoms. The maximum Gasteiger partial charge on any atom is 0.335 e. The van der Waals surface area contributed by atoms with Crippen molar-refractivity contribution >= 4 is 34.5 Å². The van der Waals surface area contributed by atoms with Crippen LogP contribution in [-0.4, -0.2) is 34.5 Å². The van der Waals surface area contributed by atoms with E-state index in [1.165, 1.54) is 23.2 Å². The number of carboxylic acid groups (broad SMARTS) is 1. The molecular weight excluding hydrogens is 274 g/mol. The number of carboxylic acids is 1. The second kappa shape index (κ2) is 4.86. The van der Waals surface area contributed by atoms with E-state index in [4.69, 9.17) is 5.11 Å². The molecule has 1 aromatic heterocycles. The van der Waals surface area contributed by atoms with Gasteiger partial charge in [-0.15, -0.1) is 0 Å². The highest BCUT2D eigenvalue weighted by atomic mass is 16.4. The lowest BCUT2D eigenvalue weighted by Gasteiger charge is -2.26. The van der Waals surface area contributed by atoms with Crippen molar-refractivity contribution in [3.8, 4) is 0 Å². The molecule has 1 aromatic carbocycles. The lowest BCUT2D eigenvalue weighted by Crippen LogP contribution is -2.49. The third-order valence-electron chi connectivity index (χ3n) is 3.28. The van der Waals surface area contributed by atoms with E-state index in [1.807, 2.05) is 0 Å². The predicted molar refractivity (Wildman–Crippen MR) is 74.2 cm³/mol. The number of carbonyl (C=O) groups excluding carboxylic acids is 2. The van der Waals surface area contributed by atoms with E-state index in [-0.39, 0.29) is 17.9 Å². The number of carbonyl (C=O) groups is 3. The van der Waals surface area contributed by atoms with Gasteiger partial charge in [-0.2, -0.15) is 0 Å². The lowest BCUT2D eigenvalue weighted by atomic mass is 10.1. The molecule has 1 saturated heterocycles. The highest BCUT2D eigenvalue weighted by Crippen LogP contribution is 2.22. The maximum atomic E-state index is 11.8. The number of pyridine rings is 1. The summed E-state index contributed by atoms with van der Waals surface area (Å²) in [6, 6.07) is 5.86. The second-order valence-corrected chi connectivity index (χ2v) is 4.66. The zero-order chi connectivity index (χ0) is 15.0. The molecule has 2 N–H and O–H groups in total. The number of rotatable bonds is 2. The van der Waals surface area contributed by atoms with Crippen LogP contribution in [0.1, 0.15) is 16.8 Å². The van der Waals surface area contributed by atoms with Crippen molar-refractivity contribution in [2.75, 3.05) is 11.4 Å². The van der Waals surface area contributed by atoms with Crippen molar-refractivity contribution in [1.82, 2.24) is 10.3 Å². The quantitative estimate of drug-likeness (QED) is 0.868. The third kappa shape index (κ3) is 2.40. The summed E-state index contributed by atoms with van der Waals surface area (Å²) in [6.45, 7) is 0.297. The molecule has 7 heteroatoms. The molecule has 7 nitrogen and oxygen atoms in total. The molecule has 2 aromatic rings. The molecular formula is C14H11N3O4. The van der Waals surface area contributed by atoms with E-state index in [1.54, 1.807) is 12.1 Å².